The van der Waals surface area contributed by atoms with E-state index in [0.717, 1.165) is 0 Å². The largest absolute Gasteiger partial charge is 0.345 e. The number of nitrogens with zero attached hydrogens (tertiary/aromatic N) is 3. The molecular formula is C20H22ClN5O2. The van der Waals surface area contributed by atoms with Gasteiger partial charge in [-0.2, -0.15) is 0 Å². The Bertz CT molecular complexity index is 984. The Morgan fingerprint density at radius 2 is 1.71 bits per heavy atom. The van der Waals surface area contributed by atoms with Crippen molar-refractivity contribution in [3.63, 3.8) is 0 Å². The SMILES string of the molecule is CC(NC(=O)C(NC(=O)c1ccc(Cl)cc1)C(C)C)c1nnc2ccccn12. The lowest BCUT2D eigenvalue weighted by atomic mass is 10.0. The predicted molar refractivity (Wildman–Crippen MR) is 107 cm³/mol. The minimum Gasteiger partial charge on any atom is -0.345 e. The Morgan fingerprint density at radius 1 is 1.00 bits per heavy atom. The first-order valence-electron chi connectivity index (χ1n) is 9.03. The number of aromatic nitrogens is 3. The minimum atomic E-state index is -0.690. The van der Waals surface area contributed by atoms with Crippen LogP contribution in [0.3, 0.4) is 0 Å². The Balaban J connectivity index is 1.72. The van der Waals surface area contributed by atoms with Crippen LogP contribution in [0, 0.1) is 5.92 Å². The summed E-state index contributed by atoms with van der Waals surface area (Å²) in [4.78, 5) is 25.3. The summed E-state index contributed by atoms with van der Waals surface area (Å²) in [5, 5.41) is 14.5. The number of rotatable bonds is 6. The standard InChI is InChI=1S/C20H22ClN5O2/c1-12(2)17(23-19(27)14-7-9-15(21)10-8-14)20(28)22-13(3)18-25-24-16-6-4-5-11-26(16)18/h4-13,17H,1-3H3,(H,22,28)(H,23,27). The smallest absolute Gasteiger partial charge is 0.251 e. The van der Waals surface area contributed by atoms with Gasteiger partial charge in [-0.15, -0.1) is 10.2 Å². The van der Waals surface area contributed by atoms with E-state index in [0.29, 0.717) is 22.1 Å². The molecule has 0 radical (unpaired) electrons. The predicted octanol–water partition coefficient (Wildman–Crippen LogP) is 3.01. The Morgan fingerprint density at radius 3 is 2.39 bits per heavy atom. The average molecular weight is 400 g/mol. The summed E-state index contributed by atoms with van der Waals surface area (Å²) in [6.45, 7) is 5.59. The van der Waals surface area contributed by atoms with E-state index in [2.05, 4.69) is 20.8 Å². The van der Waals surface area contributed by atoms with Crippen molar-refractivity contribution in [2.75, 3.05) is 0 Å². The number of benzene rings is 1. The molecule has 7 nitrogen and oxygen atoms in total. The molecule has 146 valence electrons. The topological polar surface area (TPSA) is 88.4 Å². The molecule has 2 unspecified atom stereocenters. The van der Waals surface area contributed by atoms with E-state index < -0.39 is 6.04 Å². The van der Waals surface area contributed by atoms with Crippen LogP contribution in [0.25, 0.3) is 5.65 Å². The highest BCUT2D eigenvalue weighted by atomic mass is 35.5. The van der Waals surface area contributed by atoms with E-state index in [1.165, 1.54) is 0 Å². The molecule has 2 heterocycles. The molecule has 0 saturated heterocycles. The van der Waals surface area contributed by atoms with Crippen LogP contribution in [-0.4, -0.2) is 32.5 Å². The highest BCUT2D eigenvalue weighted by molar-refractivity contribution is 6.30. The first-order chi connectivity index (χ1) is 13.4. The number of carbonyl (C=O) groups excluding carboxylic acids is 2. The van der Waals surface area contributed by atoms with Crippen LogP contribution in [-0.2, 0) is 4.79 Å². The molecule has 2 N–H and O–H groups in total. The first-order valence-corrected chi connectivity index (χ1v) is 9.41. The zero-order valence-corrected chi connectivity index (χ0v) is 16.6. The van der Waals surface area contributed by atoms with E-state index in [9.17, 15) is 9.59 Å². The molecule has 2 atom stereocenters. The molecule has 3 rings (SSSR count). The quantitative estimate of drug-likeness (QED) is 0.666. The van der Waals surface area contributed by atoms with Crippen molar-refractivity contribution in [3.8, 4) is 0 Å². The van der Waals surface area contributed by atoms with Crippen LogP contribution in [0.2, 0.25) is 5.02 Å². The van der Waals surface area contributed by atoms with Crippen molar-refractivity contribution in [3.05, 3.63) is 65.1 Å². The Hall–Kier alpha value is -2.93. The second-order valence-corrected chi connectivity index (χ2v) is 7.36. The fraction of sp³-hybridized carbons (Fsp3) is 0.300. The summed E-state index contributed by atoms with van der Waals surface area (Å²) in [5.74, 6) is -0.0855. The zero-order valence-electron chi connectivity index (χ0n) is 15.9. The van der Waals surface area contributed by atoms with Crippen molar-refractivity contribution >= 4 is 29.1 Å². The number of amides is 2. The molecule has 0 aliphatic carbocycles. The number of halogens is 1. The maximum atomic E-state index is 12.8. The fourth-order valence-electron chi connectivity index (χ4n) is 2.88. The van der Waals surface area contributed by atoms with Gasteiger partial charge in [-0.25, -0.2) is 0 Å². The van der Waals surface area contributed by atoms with Gasteiger partial charge in [0.1, 0.15) is 6.04 Å². The fourth-order valence-corrected chi connectivity index (χ4v) is 3.01. The molecule has 2 amide bonds. The minimum absolute atomic E-state index is 0.0985. The van der Waals surface area contributed by atoms with Crippen molar-refractivity contribution in [2.24, 2.45) is 5.92 Å². The molecule has 0 aliphatic rings. The third-order valence-electron chi connectivity index (χ3n) is 4.43. The second kappa shape index (κ2) is 8.39. The monoisotopic (exact) mass is 399 g/mol. The van der Waals surface area contributed by atoms with Crippen molar-refractivity contribution in [1.82, 2.24) is 25.2 Å². The van der Waals surface area contributed by atoms with Gasteiger partial charge in [0.05, 0.1) is 6.04 Å². The number of nitrogens with one attached hydrogen (secondary N) is 2. The third-order valence-corrected chi connectivity index (χ3v) is 4.68. The molecule has 2 aromatic heterocycles. The lowest BCUT2D eigenvalue weighted by Gasteiger charge is -2.23. The molecule has 3 aromatic rings. The van der Waals surface area contributed by atoms with Gasteiger partial charge in [-0.3, -0.25) is 14.0 Å². The van der Waals surface area contributed by atoms with Gasteiger partial charge in [-0.1, -0.05) is 31.5 Å². The highest BCUT2D eigenvalue weighted by Gasteiger charge is 2.27. The summed E-state index contributed by atoms with van der Waals surface area (Å²) in [6.07, 6.45) is 1.84. The summed E-state index contributed by atoms with van der Waals surface area (Å²) in [7, 11) is 0. The summed E-state index contributed by atoms with van der Waals surface area (Å²) in [6, 6.07) is 11.0. The summed E-state index contributed by atoms with van der Waals surface area (Å²) < 4.78 is 1.82. The Labute approximate surface area is 168 Å². The number of carbonyl (C=O) groups is 2. The van der Waals surface area contributed by atoms with E-state index in [1.54, 1.807) is 24.3 Å². The van der Waals surface area contributed by atoms with Gasteiger partial charge >= 0.3 is 0 Å². The molecule has 8 heteroatoms. The summed E-state index contributed by atoms with van der Waals surface area (Å²) >= 11 is 5.86. The van der Waals surface area contributed by atoms with Crippen molar-refractivity contribution in [1.29, 1.82) is 0 Å². The number of hydrogen-bond donors (Lipinski definition) is 2. The van der Waals surface area contributed by atoms with Crippen LogP contribution in [0.1, 0.15) is 43.0 Å². The molecule has 0 saturated carbocycles. The Kier molecular flexibility index (Phi) is 5.94. The molecule has 28 heavy (non-hydrogen) atoms. The van der Waals surface area contributed by atoms with E-state index >= 15 is 0 Å². The van der Waals surface area contributed by atoms with Crippen LogP contribution in [0.5, 0.6) is 0 Å². The molecule has 0 spiro atoms. The lowest BCUT2D eigenvalue weighted by Crippen LogP contribution is -2.50. The van der Waals surface area contributed by atoms with Crippen molar-refractivity contribution in [2.45, 2.75) is 32.9 Å². The summed E-state index contributed by atoms with van der Waals surface area (Å²) in [5.41, 5.74) is 1.15. The molecule has 0 aliphatic heterocycles. The third kappa shape index (κ3) is 4.31. The molecule has 0 bridgehead atoms. The molecule has 1 aromatic carbocycles. The van der Waals surface area contributed by atoms with E-state index in [-0.39, 0.29) is 23.8 Å². The van der Waals surface area contributed by atoms with Gasteiger partial charge in [-0.05, 0) is 49.2 Å². The second-order valence-electron chi connectivity index (χ2n) is 6.92. The van der Waals surface area contributed by atoms with E-state index in [1.807, 2.05) is 49.6 Å². The van der Waals surface area contributed by atoms with Gasteiger partial charge in [0.15, 0.2) is 11.5 Å². The lowest BCUT2D eigenvalue weighted by molar-refractivity contribution is -0.124. The molecule has 0 fully saturated rings. The van der Waals surface area contributed by atoms with Crippen LogP contribution < -0.4 is 10.6 Å². The number of fused-ring (bicyclic) bond motifs is 1. The average Bonchev–Trinajstić information content (AvgIpc) is 3.10. The van der Waals surface area contributed by atoms with Gasteiger partial charge in [0, 0.05) is 16.8 Å². The molecular weight excluding hydrogens is 378 g/mol. The highest BCUT2D eigenvalue weighted by Crippen LogP contribution is 2.14. The van der Waals surface area contributed by atoms with Crippen LogP contribution >= 0.6 is 11.6 Å². The maximum Gasteiger partial charge on any atom is 0.251 e. The zero-order chi connectivity index (χ0) is 20.3. The van der Waals surface area contributed by atoms with Crippen molar-refractivity contribution < 1.29 is 9.59 Å². The normalized spacial score (nSPS) is 13.3. The van der Waals surface area contributed by atoms with Crippen LogP contribution in [0.4, 0.5) is 0 Å². The number of pyridine rings is 1. The van der Waals surface area contributed by atoms with Crippen LogP contribution in [0.15, 0.2) is 48.7 Å². The maximum absolute atomic E-state index is 12.8. The van der Waals surface area contributed by atoms with Gasteiger partial charge < -0.3 is 10.6 Å². The van der Waals surface area contributed by atoms with E-state index in [4.69, 9.17) is 11.6 Å². The number of hydrogen-bond acceptors (Lipinski definition) is 4. The van der Waals surface area contributed by atoms with Gasteiger partial charge in [0.2, 0.25) is 5.91 Å². The first kappa shape index (κ1) is 19.8. The van der Waals surface area contributed by atoms with Gasteiger partial charge in [0.25, 0.3) is 5.91 Å².